The molecule has 2 rings (SSSR count). The molecule has 7 heteroatoms. The predicted octanol–water partition coefficient (Wildman–Crippen LogP) is 2.98. The third-order valence-electron chi connectivity index (χ3n) is 3.87. The third kappa shape index (κ3) is 5.06. The Morgan fingerprint density at radius 3 is 2.23 bits per heavy atom. The van der Waals surface area contributed by atoms with Crippen LogP contribution < -0.4 is 5.32 Å². The van der Waals surface area contributed by atoms with Crippen molar-refractivity contribution in [1.29, 1.82) is 5.26 Å². The molecule has 1 aromatic rings. The van der Waals surface area contributed by atoms with Gasteiger partial charge in [0.1, 0.15) is 5.60 Å². The zero-order valence-corrected chi connectivity index (χ0v) is 15.2. The van der Waals surface area contributed by atoms with Gasteiger partial charge >= 0.3 is 6.09 Å². The summed E-state index contributed by atoms with van der Waals surface area (Å²) in [5.41, 5.74) is 0.0877. The summed E-state index contributed by atoms with van der Waals surface area (Å²) in [6.07, 6.45) is 1.18. The number of likely N-dealkylation sites (tertiary alicyclic amines) is 1. The van der Waals surface area contributed by atoms with Crippen LogP contribution in [0.15, 0.2) is 24.3 Å². The maximum atomic E-state index is 12.5. The number of nitrogens with one attached hydrogen (secondary N) is 1. The minimum Gasteiger partial charge on any atom is -0.444 e. The monoisotopic (exact) mass is 357 g/mol. The summed E-state index contributed by atoms with van der Waals surface area (Å²) < 4.78 is 5.15. The van der Waals surface area contributed by atoms with Crippen LogP contribution >= 0.6 is 0 Å². The van der Waals surface area contributed by atoms with Crippen molar-refractivity contribution in [1.82, 2.24) is 4.90 Å². The molecule has 1 aromatic carbocycles. The zero-order chi connectivity index (χ0) is 19.3. The number of carbonyl (C=O) groups is 3. The van der Waals surface area contributed by atoms with Gasteiger partial charge in [-0.2, -0.15) is 5.26 Å². The van der Waals surface area contributed by atoms with E-state index in [1.807, 2.05) is 6.07 Å². The summed E-state index contributed by atoms with van der Waals surface area (Å²) in [6, 6.07) is 7.85. The molecule has 1 aliphatic heterocycles. The fraction of sp³-hybridized carbons (Fsp3) is 0.474. The van der Waals surface area contributed by atoms with E-state index in [0.29, 0.717) is 18.8 Å². The lowest BCUT2D eigenvalue weighted by Crippen LogP contribution is -2.37. The number of hydrogen-bond acceptors (Lipinski definition) is 5. The van der Waals surface area contributed by atoms with Crippen LogP contribution in [0.4, 0.5) is 10.5 Å². The van der Waals surface area contributed by atoms with Crippen molar-refractivity contribution in [3.05, 3.63) is 29.8 Å². The summed E-state index contributed by atoms with van der Waals surface area (Å²) in [6.45, 7) is 6.45. The standard InChI is InChI=1S/C19H23N3O4/c1-19(2,3)26-18(25)21-14-8-6-13(7-9-14)16(23)15(12-20)17(24)22-10-4-5-11-22/h6-9,15H,4-5,10-11H2,1-3H3,(H,21,25). The molecule has 2 amide bonds. The first kappa shape index (κ1) is 19.4. The van der Waals surface area contributed by atoms with Gasteiger partial charge in [0, 0.05) is 24.3 Å². The highest BCUT2D eigenvalue weighted by atomic mass is 16.6. The molecule has 1 aliphatic rings. The lowest BCUT2D eigenvalue weighted by atomic mass is 9.97. The molecule has 0 saturated carbocycles. The first-order chi connectivity index (χ1) is 12.2. The van der Waals surface area contributed by atoms with E-state index in [0.717, 1.165) is 12.8 Å². The number of hydrogen-bond donors (Lipinski definition) is 1. The summed E-state index contributed by atoms with van der Waals surface area (Å²) in [5, 5.41) is 11.8. The SMILES string of the molecule is CC(C)(C)OC(=O)Nc1ccc(C(=O)C(C#N)C(=O)N2CCCC2)cc1. The highest BCUT2D eigenvalue weighted by Gasteiger charge is 2.32. The molecular formula is C19H23N3O4. The molecule has 1 saturated heterocycles. The van der Waals surface area contributed by atoms with Crippen molar-refractivity contribution in [3.63, 3.8) is 0 Å². The van der Waals surface area contributed by atoms with Crippen molar-refractivity contribution in [2.45, 2.75) is 39.2 Å². The van der Waals surface area contributed by atoms with Crippen molar-refractivity contribution < 1.29 is 19.1 Å². The number of anilines is 1. The Hall–Kier alpha value is -2.88. The van der Waals surface area contributed by atoms with Crippen molar-refractivity contribution in [2.24, 2.45) is 5.92 Å². The molecule has 1 N–H and O–H groups in total. The average Bonchev–Trinajstić information content (AvgIpc) is 3.08. The van der Waals surface area contributed by atoms with E-state index >= 15 is 0 Å². The average molecular weight is 357 g/mol. The number of Topliss-reactive ketones (excluding diaryl/α,β-unsaturated/α-hetero) is 1. The molecule has 0 aliphatic carbocycles. The van der Waals surface area contributed by atoms with Gasteiger partial charge in [0.2, 0.25) is 5.91 Å². The van der Waals surface area contributed by atoms with Gasteiger partial charge in [-0.1, -0.05) is 0 Å². The highest BCUT2D eigenvalue weighted by Crippen LogP contribution is 2.18. The molecular weight excluding hydrogens is 334 g/mol. The maximum Gasteiger partial charge on any atom is 0.412 e. The number of rotatable bonds is 4. The number of nitrogens with zero attached hydrogens (tertiary/aromatic N) is 2. The van der Waals surface area contributed by atoms with Gasteiger partial charge in [-0.25, -0.2) is 4.79 Å². The minimum atomic E-state index is -1.34. The number of amides is 2. The van der Waals surface area contributed by atoms with E-state index in [9.17, 15) is 19.6 Å². The van der Waals surface area contributed by atoms with Crippen LogP contribution in [0, 0.1) is 17.2 Å². The summed E-state index contributed by atoms with van der Waals surface area (Å²) in [4.78, 5) is 38.2. The first-order valence-electron chi connectivity index (χ1n) is 8.54. The van der Waals surface area contributed by atoms with Gasteiger partial charge in [-0.3, -0.25) is 14.9 Å². The van der Waals surface area contributed by atoms with Gasteiger partial charge in [0.15, 0.2) is 11.7 Å². The summed E-state index contributed by atoms with van der Waals surface area (Å²) in [5.74, 6) is -2.31. The predicted molar refractivity (Wildman–Crippen MR) is 95.5 cm³/mol. The van der Waals surface area contributed by atoms with E-state index in [2.05, 4.69) is 5.32 Å². The lowest BCUT2D eigenvalue weighted by molar-refractivity contribution is -0.131. The highest BCUT2D eigenvalue weighted by molar-refractivity contribution is 6.12. The van der Waals surface area contributed by atoms with Crippen LogP contribution in [-0.2, 0) is 9.53 Å². The fourth-order valence-electron chi connectivity index (χ4n) is 2.65. The molecule has 1 atom stereocenters. The van der Waals surface area contributed by atoms with Crippen molar-refractivity contribution in [2.75, 3.05) is 18.4 Å². The van der Waals surface area contributed by atoms with Crippen LogP contribution in [-0.4, -0.2) is 41.4 Å². The summed E-state index contributed by atoms with van der Waals surface area (Å²) in [7, 11) is 0. The molecule has 1 heterocycles. The van der Waals surface area contributed by atoms with Crippen LogP contribution in [0.25, 0.3) is 0 Å². The second-order valence-electron chi connectivity index (χ2n) is 7.16. The smallest absolute Gasteiger partial charge is 0.412 e. The lowest BCUT2D eigenvalue weighted by Gasteiger charge is -2.20. The van der Waals surface area contributed by atoms with E-state index in [-0.39, 0.29) is 5.56 Å². The van der Waals surface area contributed by atoms with Gasteiger partial charge in [-0.15, -0.1) is 0 Å². The Kier molecular flexibility index (Phi) is 5.98. The molecule has 0 radical (unpaired) electrons. The van der Waals surface area contributed by atoms with Crippen LogP contribution in [0.5, 0.6) is 0 Å². The molecule has 26 heavy (non-hydrogen) atoms. The normalized spacial score (nSPS) is 15.1. The number of nitriles is 1. The molecule has 7 nitrogen and oxygen atoms in total. The Morgan fingerprint density at radius 1 is 1.15 bits per heavy atom. The summed E-state index contributed by atoms with van der Waals surface area (Å²) >= 11 is 0. The second-order valence-corrected chi connectivity index (χ2v) is 7.16. The zero-order valence-electron chi connectivity index (χ0n) is 15.2. The van der Waals surface area contributed by atoms with Gasteiger partial charge in [0.25, 0.3) is 0 Å². The quantitative estimate of drug-likeness (QED) is 0.659. The van der Waals surface area contributed by atoms with E-state index in [1.165, 1.54) is 24.3 Å². The Labute approximate surface area is 152 Å². The van der Waals surface area contributed by atoms with Crippen LogP contribution in [0.1, 0.15) is 44.0 Å². The number of ketones is 1. The number of benzene rings is 1. The largest absolute Gasteiger partial charge is 0.444 e. The maximum absolute atomic E-state index is 12.5. The fourth-order valence-corrected chi connectivity index (χ4v) is 2.65. The topological polar surface area (TPSA) is 99.5 Å². The molecule has 1 unspecified atom stereocenters. The van der Waals surface area contributed by atoms with Crippen LogP contribution in [0.2, 0.25) is 0 Å². The Morgan fingerprint density at radius 2 is 1.73 bits per heavy atom. The minimum absolute atomic E-state index is 0.249. The third-order valence-corrected chi connectivity index (χ3v) is 3.87. The van der Waals surface area contributed by atoms with E-state index in [4.69, 9.17) is 4.74 Å². The van der Waals surface area contributed by atoms with Crippen molar-refractivity contribution >= 4 is 23.5 Å². The molecule has 138 valence electrons. The number of carbonyl (C=O) groups excluding carboxylic acids is 3. The Balaban J connectivity index is 2.04. The van der Waals surface area contributed by atoms with E-state index < -0.39 is 29.3 Å². The second kappa shape index (κ2) is 8.00. The van der Waals surface area contributed by atoms with Crippen LogP contribution in [0.3, 0.4) is 0 Å². The number of ether oxygens (including phenoxy) is 1. The first-order valence-corrected chi connectivity index (χ1v) is 8.54. The van der Waals surface area contributed by atoms with Crippen molar-refractivity contribution in [3.8, 4) is 6.07 Å². The van der Waals surface area contributed by atoms with Gasteiger partial charge < -0.3 is 9.64 Å². The molecule has 0 spiro atoms. The molecule has 0 aromatic heterocycles. The molecule has 0 bridgehead atoms. The van der Waals surface area contributed by atoms with Gasteiger partial charge in [-0.05, 0) is 57.9 Å². The van der Waals surface area contributed by atoms with Gasteiger partial charge in [0.05, 0.1) is 6.07 Å². The Bertz CT molecular complexity index is 723. The molecule has 1 fully saturated rings. The van der Waals surface area contributed by atoms with E-state index in [1.54, 1.807) is 25.7 Å².